The lowest BCUT2D eigenvalue weighted by Crippen LogP contribution is -2.27. The fraction of sp³-hybridized carbons (Fsp3) is 0.357. The summed E-state index contributed by atoms with van der Waals surface area (Å²) in [5, 5.41) is 8.48. The number of likely N-dealkylation sites (N-methyl/N-ethyl adjacent to an activating group) is 1. The normalized spacial score (nSPS) is 12.4. The van der Waals surface area contributed by atoms with Crippen LogP contribution >= 0.6 is 11.6 Å². The molecule has 0 bridgehead atoms. The molecule has 0 aliphatic rings. The third kappa shape index (κ3) is 3.98. The molecule has 102 valence electrons. The van der Waals surface area contributed by atoms with Crippen molar-refractivity contribution in [1.29, 1.82) is 0 Å². The highest BCUT2D eigenvalue weighted by Gasteiger charge is 2.13. The van der Waals surface area contributed by atoms with Gasteiger partial charge in [0.05, 0.1) is 11.7 Å². The number of nitrogens with one attached hydrogen (secondary N) is 1. The first-order valence-electron chi connectivity index (χ1n) is 6.30. The summed E-state index contributed by atoms with van der Waals surface area (Å²) >= 11 is 5.84. The van der Waals surface area contributed by atoms with Crippen LogP contribution in [0.25, 0.3) is 0 Å². The summed E-state index contributed by atoms with van der Waals surface area (Å²) < 4.78 is 7.56. The van der Waals surface area contributed by atoms with Crippen LogP contribution in [0.2, 0.25) is 5.02 Å². The molecule has 0 aliphatic heterocycles. The van der Waals surface area contributed by atoms with Gasteiger partial charge in [0.25, 0.3) is 0 Å². The second-order valence-electron chi connectivity index (χ2n) is 4.29. The Hall–Kier alpha value is -1.52. The molecule has 2 rings (SSSR count). The zero-order valence-electron chi connectivity index (χ0n) is 11.1. The average Bonchev–Trinajstić information content (AvgIpc) is 2.83. The SMILES string of the molecule is CCNC(COc1ccc(Cl)cc1)c1ccn(C)n1. The Balaban J connectivity index is 1.99. The van der Waals surface area contributed by atoms with Crippen molar-refractivity contribution in [3.05, 3.63) is 47.2 Å². The molecule has 0 radical (unpaired) electrons. The highest BCUT2D eigenvalue weighted by Crippen LogP contribution is 2.18. The molecule has 19 heavy (non-hydrogen) atoms. The van der Waals surface area contributed by atoms with Crippen LogP contribution in [0.1, 0.15) is 18.7 Å². The number of halogens is 1. The molecule has 5 heteroatoms. The Kier molecular flexibility index (Phi) is 4.82. The third-order valence-corrected chi connectivity index (χ3v) is 3.02. The smallest absolute Gasteiger partial charge is 0.119 e. The van der Waals surface area contributed by atoms with E-state index in [2.05, 4.69) is 17.3 Å². The molecule has 0 aliphatic carbocycles. The molecule has 0 saturated carbocycles. The van der Waals surface area contributed by atoms with Gasteiger partial charge < -0.3 is 10.1 Å². The number of aryl methyl sites for hydroxylation is 1. The zero-order valence-corrected chi connectivity index (χ0v) is 11.9. The maximum absolute atomic E-state index is 5.84. The zero-order chi connectivity index (χ0) is 13.7. The number of nitrogens with zero attached hydrogens (tertiary/aromatic N) is 2. The van der Waals surface area contributed by atoms with Crippen LogP contribution in [0.3, 0.4) is 0 Å². The standard InChI is InChI=1S/C14H18ClN3O/c1-3-16-14(13-8-9-18(2)17-13)10-19-12-6-4-11(15)5-7-12/h4-9,14,16H,3,10H2,1-2H3. The van der Waals surface area contributed by atoms with Gasteiger partial charge in [-0.25, -0.2) is 0 Å². The van der Waals surface area contributed by atoms with Crippen LogP contribution in [-0.4, -0.2) is 22.9 Å². The quantitative estimate of drug-likeness (QED) is 0.884. The van der Waals surface area contributed by atoms with Crippen molar-refractivity contribution in [2.45, 2.75) is 13.0 Å². The van der Waals surface area contributed by atoms with E-state index in [0.29, 0.717) is 11.6 Å². The van der Waals surface area contributed by atoms with E-state index in [4.69, 9.17) is 16.3 Å². The maximum Gasteiger partial charge on any atom is 0.119 e. The van der Waals surface area contributed by atoms with Crippen molar-refractivity contribution in [1.82, 2.24) is 15.1 Å². The molecule has 1 aromatic heterocycles. The van der Waals surface area contributed by atoms with Gasteiger partial charge in [-0.05, 0) is 36.9 Å². The number of hydrogen-bond acceptors (Lipinski definition) is 3. The second-order valence-corrected chi connectivity index (χ2v) is 4.73. The number of benzene rings is 1. The molecule has 1 atom stereocenters. The van der Waals surface area contributed by atoms with Crippen molar-refractivity contribution in [3.8, 4) is 5.75 Å². The van der Waals surface area contributed by atoms with E-state index < -0.39 is 0 Å². The predicted octanol–water partition coefficient (Wildman–Crippen LogP) is 2.80. The molecule has 2 aromatic rings. The van der Waals surface area contributed by atoms with Crippen molar-refractivity contribution in [3.63, 3.8) is 0 Å². The van der Waals surface area contributed by atoms with Crippen molar-refractivity contribution < 1.29 is 4.74 Å². The molecule has 1 N–H and O–H groups in total. The van der Waals surface area contributed by atoms with E-state index >= 15 is 0 Å². The minimum atomic E-state index is 0.0851. The van der Waals surface area contributed by atoms with Crippen molar-refractivity contribution in [2.75, 3.05) is 13.2 Å². The van der Waals surface area contributed by atoms with Crippen LogP contribution < -0.4 is 10.1 Å². The summed E-state index contributed by atoms with van der Waals surface area (Å²) in [7, 11) is 1.91. The first-order valence-corrected chi connectivity index (χ1v) is 6.68. The average molecular weight is 280 g/mol. The molecule has 1 aromatic carbocycles. The Morgan fingerprint density at radius 1 is 1.32 bits per heavy atom. The van der Waals surface area contributed by atoms with Crippen LogP contribution in [0.5, 0.6) is 5.75 Å². The van der Waals surface area contributed by atoms with E-state index in [1.165, 1.54) is 0 Å². The van der Waals surface area contributed by atoms with Crippen molar-refractivity contribution >= 4 is 11.6 Å². The Morgan fingerprint density at radius 2 is 2.05 bits per heavy atom. The Labute approximate surface area is 118 Å². The maximum atomic E-state index is 5.84. The first-order chi connectivity index (χ1) is 9.19. The lowest BCUT2D eigenvalue weighted by molar-refractivity contribution is 0.265. The first kappa shape index (κ1) is 13.9. The number of ether oxygens (including phenoxy) is 1. The van der Waals surface area contributed by atoms with Gasteiger partial charge in [0.15, 0.2) is 0 Å². The molecule has 1 unspecified atom stereocenters. The number of rotatable bonds is 6. The van der Waals surface area contributed by atoms with E-state index in [9.17, 15) is 0 Å². The predicted molar refractivity (Wildman–Crippen MR) is 76.6 cm³/mol. The van der Waals surface area contributed by atoms with Crippen LogP contribution in [0, 0.1) is 0 Å². The fourth-order valence-corrected chi connectivity index (χ4v) is 1.95. The highest BCUT2D eigenvalue weighted by molar-refractivity contribution is 6.30. The Morgan fingerprint density at radius 3 is 2.63 bits per heavy atom. The lowest BCUT2D eigenvalue weighted by Gasteiger charge is -2.16. The minimum absolute atomic E-state index is 0.0851. The highest BCUT2D eigenvalue weighted by atomic mass is 35.5. The molecule has 0 saturated heterocycles. The van der Waals surface area contributed by atoms with Gasteiger partial charge in [-0.2, -0.15) is 5.10 Å². The Bertz CT molecular complexity index is 510. The lowest BCUT2D eigenvalue weighted by atomic mass is 10.2. The van der Waals surface area contributed by atoms with Crippen LogP contribution in [0.15, 0.2) is 36.5 Å². The van der Waals surface area contributed by atoms with Gasteiger partial charge in [0.1, 0.15) is 12.4 Å². The van der Waals surface area contributed by atoms with Crippen LogP contribution in [-0.2, 0) is 7.05 Å². The summed E-state index contributed by atoms with van der Waals surface area (Å²) in [6.07, 6.45) is 1.93. The topological polar surface area (TPSA) is 39.1 Å². The number of hydrogen-bond donors (Lipinski definition) is 1. The molecule has 0 fully saturated rings. The summed E-state index contributed by atoms with van der Waals surface area (Å²) in [6, 6.07) is 9.45. The molecule has 0 spiro atoms. The molecule has 1 heterocycles. The van der Waals surface area contributed by atoms with E-state index in [1.807, 2.05) is 43.6 Å². The van der Waals surface area contributed by atoms with Crippen LogP contribution in [0.4, 0.5) is 0 Å². The number of aromatic nitrogens is 2. The molecular weight excluding hydrogens is 262 g/mol. The van der Waals surface area contributed by atoms with Gasteiger partial charge in [-0.1, -0.05) is 18.5 Å². The molecule has 4 nitrogen and oxygen atoms in total. The monoisotopic (exact) mass is 279 g/mol. The fourth-order valence-electron chi connectivity index (χ4n) is 1.82. The third-order valence-electron chi connectivity index (χ3n) is 2.77. The second kappa shape index (κ2) is 6.59. The summed E-state index contributed by atoms with van der Waals surface area (Å²) in [5.74, 6) is 0.809. The van der Waals surface area contributed by atoms with E-state index in [-0.39, 0.29) is 6.04 Å². The minimum Gasteiger partial charge on any atom is -0.492 e. The molecule has 0 amide bonds. The summed E-state index contributed by atoms with van der Waals surface area (Å²) in [4.78, 5) is 0. The van der Waals surface area contributed by atoms with E-state index in [0.717, 1.165) is 18.0 Å². The van der Waals surface area contributed by atoms with Gasteiger partial charge >= 0.3 is 0 Å². The van der Waals surface area contributed by atoms with Gasteiger partial charge in [0.2, 0.25) is 0 Å². The molecular formula is C14H18ClN3O. The van der Waals surface area contributed by atoms with Crippen molar-refractivity contribution in [2.24, 2.45) is 7.05 Å². The van der Waals surface area contributed by atoms with Gasteiger partial charge in [-0.3, -0.25) is 4.68 Å². The van der Waals surface area contributed by atoms with E-state index in [1.54, 1.807) is 4.68 Å². The largest absolute Gasteiger partial charge is 0.492 e. The van der Waals surface area contributed by atoms with Gasteiger partial charge in [0, 0.05) is 18.3 Å². The summed E-state index contributed by atoms with van der Waals surface area (Å²) in [6.45, 7) is 3.47. The summed E-state index contributed by atoms with van der Waals surface area (Å²) in [5.41, 5.74) is 0.985. The van der Waals surface area contributed by atoms with Gasteiger partial charge in [-0.15, -0.1) is 0 Å².